The maximum Gasteiger partial charge on any atom is 0.0705 e. The third kappa shape index (κ3) is 4.02. The van der Waals surface area contributed by atoms with Crippen LogP contribution in [0.25, 0.3) is 10.9 Å². The summed E-state index contributed by atoms with van der Waals surface area (Å²) in [5.74, 6) is 0. The number of rotatable bonds is 7. The summed E-state index contributed by atoms with van der Waals surface area (Å²) < 4.78 is 0. The molecule has 0 amide bonds. The normalized spacial score (nSPS) is 13.0. The second-order valence-corrected chi connectivity index (χ2v) is 5.26. The van der Waals surface area contributed by atoms with Gasteiger partial charge in [-0.2, -0.15) is 0 Å². The molecule has 2 rings (SSSR count). The van der Waals surface area contributed by atoms with Crippen LogP contribution in [0, 0.1) is 0 Å². The quantitative estimate of drug-likeness (QED) is 0.839. The highest BCUT2D eigenvalue weighted by molar-refractivity contribution is 5.78. The van der Waals surface area contributed by atoms with Crippen molar-refractivity contribution in [2.24, 2.45) is 0 Å². The maximum atomic E-state index is 4.69. The third-order valence-electron chi connectivity index (χ3n) is 3.71. The first-order valence-electron chi connectivity index (χ1n) is 7.53. The Morgan fingerprint density at radius 1 is 1.10 bits per heavy atom. The summed E-state index contributed by atoms with van der Waals surface area (Å²) >= 11 is 0. The molecule has 1 atom stereocenters. The number of aromatic nitrogens is 1. The van der Waals surface area contributed by atoms with Crippen molar-refractivity contribution in [1.82, 2.24) is 15.2 Å². The summed E-state index contributed by atoms with van der Waals surface area (Å²) in [5.41, 5.74) is 2.18. The second kappa shape index (κ2) is 7.36. The topological polar surface area (TPSA) is 28.2 Å². The molecule has 2 aromatic rings. The maximum absolute atomic E-state index is 4.69. The van der Waals surface area contributed by atoms with Crippen molar-refractivity contribution in [3.63, 3.8) is 0 Å². The zero-order valence-corrected chi connectivity index (χ0v) is 12.8. The van der Waals surface area contributed by atoms with E-state index in [4.69, 9.17) is 4.98 Å². The van der Waals surface area contributed by atoms with Gasteiger partial charge in [0.25, 0.3) is 0 Å². The van der Waals surface area contributed by atoms with Crippen LogP contribution in [0.5, 0.6) is 0 Å². The minimum Gasteiger partial charge on any atom is -0.307 e. The van der Waals surface area contributed by atoms with Crippen LogP contribution in [0.2, 0.25) is 0 Å². The van der Waals surface area contributed by atoms with Gasteiger partial charge in [-0.3, -0.25) is 4.98 Å². The van der Waals surface area contributed by atoms with Crippen LogP contribution in [0.1, 0.15) is 26.5 Å². The Kier molecular flexibility index (Phi) is 5.50. The fourth-order valence-corrected chi connectivity index (χ4v) is 2.42. The van der Waals surface area contributed by atoms with Gasteiger partial charge in [-0.1, -0.05) is 38.1 Å². The van der Waals surface area contributed by atoms with Crippen molar-refractivity contribution >= 4 is 10.9 Å². The van der Waals surface area contributed by atoms with Gasteiger partial charge >= 0.3 is 0 Å². The van der Waals surface area contributed by atoms with E-state index in [0.29, 0.717) is 6.04 Å². The van der Waals surface area contributed by atoms with Crippen LogP contribution < -0.4 is 5.32 Å². The fraction of sp³-hybridized carbons (Fsp3) is 0.471. The predicted molar refractivity (Wildman–Crippen MR) is 85.8 cm³/mol. The summed E-state index contributed by atoms with van der Waals surface area (Å²) in [6.07, 6.45) is 0. The van der Waals surface area contributed by atoms with Crippen LogP contribution in [0.15, 0.2) is 36.4 Å². The standard InChI is InChI=1S/C17H25N3/c1-4-20(5-2)13-14(3)18-12-16-11-10-15-8-6-7-9-17(15)19-16/h6-11,14,18H,4-5,12-13H2,1-3H3. The molecular weight excluding hydrogens is 246 g/mol. The van der Waals surface area contributed by atoms with Gasteiger partial charge < -0.3 is 10.2 Å². The van der Waals surface area contributed by atoms with Gasteiger partial charge in [0.15, 0.2) is 0 Å². The molecule has 0 spiro atoms. The highest BCUT2D eigenvalue weighted by Crippen LogP contribution is 2.11. The molecule has 1 heterocycles. The summed E-state index contributed by atoms with van der Waals surface area (Å²) in [5, 5.41) is 4.76. The van der Waals surface area contributed by atoms with Gasteiger partial charge in [-0.05, 0) is 32.1 Å². The monoisotopic (exact) mass is 271 g/mol. The van der Waals surface area contributed by atoms with E-state index in [-0.39, 0.29) is 0 Å². The Bertz CT molecular complexity index is 535. The lowest BCUT2D eigenvalue weighted by atomic mass is 10.2. The summed E-state index contributed by atoms with van der Waals surface area (Å²) in [7, 11) is 0. The summed E-state index contributed by atoms with van der Waals surface area (Å²) in [6.45, 7) is 10.8. The number of nitrogens with zero attached hydrogens (tertiary/aromatic N) is 2. The van der Waals surface area contributed by atoms with E-state index < -0.39 is 0 Å². The van der Waals surface area contributed by atoms with Gasteiger partial charge in [0, 0.05) is 24.5 Å². The largest absolute Gasteiger partial charge is 0.307 e. The van der Waals surface area contributed by atoms with Gasteiger partial charge in [0.2, 0.25) is 0 Å². The smallest absolute Gasteiger partial charge is 0.0705 e. The average Bonchev–Trinajstić information content (AvgIpc) is 2.50. The van der Waals surface area contributed by atoms with Crippen LogP contribution in [0.3, 0.4) is 0 Å². The van der Waals surface area contributed by atoms with E-state index in [0.717, 1.165) is 37.4 Å². The van der Waals surface area contributed by atoms with Crippen molar-refractivity contribution in [2.75, 3.05) is 19.6 Å². The van der Waals surface area contributed by atoms with Gasteiger partial charge in [0.1, 0.15) is 0 Å². The Labute approximate surface area is 122 Å². The zero-order chi connectivity index (χ0) is 14.4. The van der Waals surface area contributed by atoms with Crippen molar-refractivity contribution in [3.8, 4) is 0 Å². The second-order valence-electron chi connectivity index (χ2n) is 5.26. The fourth-order valence-electron chi connectivity index (χ4n) is 2.42. The van der Waals surface area contributed by atoms with Crippen LogP contribution >= 0.6 is 0 Å². The molecule has 0 fully saturated rings. The van der Waals surface area contributed by atoms with E-state index >= 15 is 0 Å². The predicted octanol–water partition coefficient (Wildman–Crippen LogP) is 3.05. The van der Waals surface area contributed by atoms with Gasteiger partial charge in [-0.25, -0.2) is 0 Å². The number of para-hydroxylation sites is 1. The molecule has 0 saturated carbocycles. The molecule has 0 saturated heterocycles. The Morgan fingerprint density at radius 2 is 1.85 bits per heavy atom. The van der Waals surface area contributed by atoms with E-state index in [1.165, 1.54) is 5.39 Å². The molecule has 0 aliphatic heterocycles. The molecule has 0 aliphatic carbocycles. The summed E-state index contributed by atoms with van der Waals surface area (Å²) in [6, 6.07) is 13.0. The lowest BCUT2D eigenvalue weighted by Crippen LogP contribution is -2.38. The lowest BCUT2D eigenvalue weighted by molar-refractivity contribution is 0.270. The van der Waals surface area contributed by atoms with Crippen molar-refractivity contribution < 1.29 is 0 Å². The molecule has 0 bridgehead atoms. The molecular formula is C17H25N3. The Hall–Kier alpha value is -1.45. The highest BCUT2D eigenvalue weighted by atomic mass is 15.1. The van der Waals surface area contributed by atoms with E-state index in [2.05, 4.69) is 55.3 Å². The van der Waals surface area contributed by atoms with E-state index in [1.807, 2.05) is 12.1 Å². The van der Waals surface area contributed by atoms with Crippen molar-refractivity contribution in [2.45, 2.75) is 33.4 Å². The number of benzene rings is 1. The zero-order valence-electron chi connectivity index (χ0n) is 12.8. The molecule has 3 nitrogen and oxygen atoms in total. The SMILES string of the molecule is CCN(CC)CC(C)NCc1ccc2ccccc2n1. The number of fused-ring (bicyclic) bond motifs is 1. The number of hydrogen-bond donors (Lipinski definition) is 1. The van der Waals surface area contributed by atoms with Gasteiger partial charge in [-0.15, -0.1) is 0 Å². The van der Waals surface area contributed by atoms with Crippen LogP contribution in [-0.2, 0) is 6.54 Å². The highest BCUT2D eigenvalue weighted by Gasteiger charge is 2.07. The van der Waals surface area contributed by atoms with E-state index in [1.54, 1.807) is 0 Å². The number of likely N-dealkylation sites (N-methyl/N-ethyl adjacent to an activating group) is 1. The molecule has 3 heteroatoms. The average molecular weight is 271 g/mol. The molecule has 1 aromatic carbocycles. The minimum atomic E-state index is 0.475. The molecule has 1 N–H and O–H groups in total. The molecule has 20 heavy (non-hydrogen) atoms. The number of nitrogens with one attached hydrogen (secondary N) is 1. The van der Waals surface area contributed by atoms with Crippen molar-refractivity contribution in [1.29, 1.82) is 0 Å². The van der Waals surface area contributed by atoms with Crippen LogP contribution in [0.4, 0.5) is 0 Å². The minimum absolute atomic E-state index is 0.475. The first-order valence-corrected chi connectivity index (χ1v) is 7.53. The molecule has 1 aromatic heterocycles. The Morgan fingerprint density at radius 3 is 2.60 bits per heavy atom. The summed E-state index contributed by atoms with van der Waals surface area (Å²) in [4.78, 5) is 7.13. The van der Waals surface area contributed by atoms with Crippen LogP contribution in [-0.4, -0.2) is 35.6 Å². The third-order valence-corrected chi connectivity index (χ3v) is 3.71. The Balaban J connectivity index is 1.92. The van der Waals surface area contributed by atoms with Gasteiger partial charge in [0.05, 0.1) is 11.2 Å². The first-order chi connectivity index (χ1) is 9.72. The first kappa shape index (κ1) is 14.9. The number of hydrogen-bond acceptors (Lipinski definition) is 3. The molecule has 1 unspecified atom stereocenters. The molecule has 0 aliphatic rings. The van der Waals surface area contributed by atoms with E-state index in [9.17, 15) is 0 Å². The molecule has 0 radical (unpaired) electrons. The molecule has 108 valence electrons. The lowest BCUT2D eigenvalue weighted by Gasteiger charge is -2.23. The number of pyridine rings is 1. The van der Waals surface area contributed by atoms with Crippen molar-refractivity contribution in [3.05, 3.63) is 42.1 Å².